The summed E-state index contributed by atoms with van der Waals surface area (Å²) in [5, 5.41) is 18.5. The molecule has 0 saturated carbocycles. The van der Waals surface area contributed by atoms with Gasteiger partial charge >= 0.3 is 0 Å². The Balaban J connectivity index is 0.00000149. The van der Waals surface area contributed by atoms with Gasteiger partial charge in [-0.1, -0.05) is 38.8 Å². The summed E-state index contributed by atoms with van der Waals surface area (Å²) in [7, 11) is 0. The van der Waals surface area contributed by atoms with E-state index in [1.165, 1.54) is 0 Å². The van der Waals surface area contributed by atoms with Gasteiger partial charge in [0.15, 0.2) is 5.82 Å². The Morgan fingerprint density at radius 1 is 1.00 bits per heavy atom. The highest BCUT2D eigenvalue weighted by atomic mass is 16.3. The second-order valence-corrected chi connectivity index (χ2v) is 7.40. The van der Waals surface area contributed by atoms with E-state index in [-0.39, 0.29) is 5.75 Å². The predicted octanol–water partition coefficient (Wildman–Crippen LogP) is 4.33. The third-order valence-electron chi connectivity index (χ3n) is 5.32. The van der Waals surface area contributed by atoms with Crippen LogP contribution in [-0.2, 0) is 0 Å². The molecule has 3 aromatic rings. The molecule has 0 bridgehead atoms. The number of benzene rings is 1. The molecule has 3 N–H and O–H groups in total. The van der Waals surface area contributed by atoms with Crippen molar-refractivity contribution in [2.45, 2.75) is 33.6 Å². The molecule has 0 unspecified atom stereocenters. The lowest BCUT2D eigenvalue weighted by molar-refractivity contribution is 0.477. The van der Waals surface area contributed by atoms with Gasteiger partial charge in [-0.25, -0.2) is 4.98 Å². The van der Waals surface area contributed by atoms with Gasteiger partial charge in [-0.2, -0.15) is 0 Å². The van der Waals surface area contributed by atoms with Crippen molar-refractivity contribution in [2.75, 3.05) is 41.7 Å². The fourth-order valence-corrected chi connectivity index (χ4v) is 3.75. The van der Waals surface area contributed by atoms with Crippen LogP contribution >= 0.6 is 0 Å². The zero-order valence-electron chi connectivity index (χ0n) is 19.6. The number of nitrogen functional groups attached to an aromatic ring is 1. The van der Waals surface area contributed by atoms with Crippen LogP contribution in [0.25, 0.3) is 11.3 Å². The molecule has 1 aliphatic heterocycles. The first-order valence-corrected chi connectivity index (χ1v) is 11.5. The summed E-state index contributed by atoms with van der Waals surface area (Å²) in [4.78, 5) is 8.95. The van der Waals surface area contributed by atoms with Gasteiger partial charge in [0.1, 0.15) is 11.4 Å². The van der Waals surface area contributed by atoms with Crippen molar-refractivity contribution in [3.63, 3.8) is 0 Å². The number of hydrogen-bond acceptors (Lipinski definition) is 7. The molecule has 0 atom stereocenters. The molecule has 1 aliphatic rings. The molecule has 0 spiro atoms. The number of nitrogens with two attached hydrogens (primary N) is 1. The number of para-hydroxylation sites is 1. The Bertz CT molecular complexity index is 1120. The van der Waals surface area contributed by atoms with Crippen molar-refractivity contribution in [1.29, 1.82) is 0 Å². The second kappa shape index (κ2) is 11.7. The van der Waals surface area contributed by atoms with E-state index in [4.69, 9.17) is 5.73 Å². The third-order valence-corrected chi connectivity index (χ3v) is 5.32. The summed E-state index contributed by atoms with van der Waals surface area (Å²) in [6.45, 7) is 9.48. The van der Waals surface area contributed by atoms with E-state index < -0.39 is 0 Å². The van der Waals surface area contributed by atoms with E-state index in [0.29, 0.717) is 17.1 Å². The summed E-state index contributed by atoms with van der Waals surface area (Å²) < 4.78 is 0. The van der Waals surface area contributed by atoms with Crippen LogP contribution in [0, 0.1) is 11.8 Å². The molecular weight excluding hydrogens is 412 g/mol. The Hall–Kier alpha value is -3.79. The summed E-state index contributed by atoms with van der Waals surface area (Å²) in [6, 6.07) is 13.1. The van der Waals surface area contributed by atoms with Gasteiger partial charge < -0.3 is 20.6 Å². The molecule has 0 amide bonds. The van der Waals surface area contributed by atoms with Crippen LogP contribution in [0.2, 0.25) is 0 Å². The van der Waals surface area contributed by atoms with Crippen molar-refractivity contribution in [3.05, 3.63) is 54.4 Å². The molecule has 4 rings (SSSR count). The van der Waals surface area contributed by atoms with E-state index in [1.54, 1.807) is 12.1 Å². The van der Waals surface area contributed by atoms with Crippen molar-refractivity contribution in [1.82, 2.24) is 15.2 Å². The van der Waals surface area contributed by atoms with Crippen molar-refractivity contribution < 1.29 is 5.11 Å². The van der Waals surface area contributed by atoms with E-state index in [2.05, 4.69) is 42.9 Å². The number of rotatable bonds is 3. The van der Waals surface area contributed by atoms with Crippen LogP contribution in [0.3, 0.4) is 0 Å². The summed E-state index contributed by atoms with van der Waals surface area (Å²) in [5.74, 6) is 6.76. The van der Waals surface area contributed by atoms with Gasteiger partial charge in [0.05, 0.1) is 11.4 Å². The van der Waals surface area contributed by atoms with E-state index in [1.807, 2.05) is 51.2 Å². The van der Waals surface area contributed by atoms with Gasteiger partial charge in [0.25, 0.3) is 0 Å². The molecule has 7 nitrogen and oxygen atoms in total. The van der Waals surface area contributed by atoms with Gasteiger partial charge in [0, 0.05) is 50.0 Å². The maximum atomic E-state index is 10.2. The lowest BCUT2D eigenvalue weighted by Gasteiger charge is -2.25. The minimum absolute atomic E-state index is 0.175. The second-order valence-electron chi connectivity index (χ2n) is 7.40. The first kappa shape index (κ1) is 23.9. The monoisotopic (exact) mass is 444 g/mol. The predicted molar refractivity (Wildman–Crippen MR) is 135 cm³/mol. The molecule has 0 radical (unpaired) electrons. The molecule has 172 valence electrons. The number of anilines is 3. The Labute approximate surface area is 196 Å². The van der Waals surface area contributed by atoms with Gasteiger partial charge in [-0.05, 0) is 42.7 Å². The van der Waals surface area contributed by atoms with E-state index in [0.717, 1.165) is 56.1 Å². The number of pyridine rings is 1. The first-order valence-electron chi connectivity index (χ1n) is 11.5. The number of nitrogens with zero attached hydrogens (tertiary/aromatic N) is 5. The van der Waals surface area contributed by atoms with Crippen LogP contribution < -0.4 is 15.5 Å². The molecule has 3 heterocycles. The standard InChI is InChI=1S/C24H26N6O.C2H6/c1-2-3-7-18-16-19(10-11-26-18)29-12-6-13-30(15-14-29)22-17-21(27-28-24(22)25)20-8-4-5-9-23(20)31;1-2/h4-5,8-11,16-17,31H,2,6,12-15H2,1H3,(H2,25,28);1-2H3. The van der Waals surface area contributed by atoms with Crippen LogP contribution in [0.15, 0.2) is 48.7 Å². The number of hydrogen-bond donors (Lipinski definition) is 2. The number of phenols is 1. The molecular formula is C26H32N6O. The molecule has 2 aromatic heterocycles. The topological polar surface area (TPSA) is 91.4 Å². The summed E-state index contributed by atoms with van der Waals surface area (Å²) in [6.07, 6.45) is 3.61. The molecule has 33 heavy (non-hydrogen) atoms. The normalized spacial score (nSPS) is 13.3. The average molecular weight is 445 g/mol. The quantitative estimate of drug-likeness (QED) is 0.581. The third kappa shape index (κ3) is 5.92. The number of phenolic OH excluding ortho intramolecular Hbond substituents is 1. The zero-order chi connectivity index (χ0) is 23.6. The largest absolute Gasteiger partial charge is 0.507 e. The van der Waals surface area contributed by atoms with Gasteiger partial charge in [-0.15, -0.1) is 10.2 Å². The highest BCUT2D eigenvalue weighted by Gasteiger charge is 2.19. The molecule has 1 aromatic carbocycles. The lowest BCUT2D eigenvalue weighted by Crippen LogP contribution is -2.31. The van der Waals surface area contributed by atoms with Crippen LogP contribution in [0.5, 0.6) is 5.75 Å². The van der Waals surface area contributed by atoms with E-state index in [9.17, 15) is 5.11 Å². The summed E-state index contributed by atoms with van der Waals surface area (Å²) >= 11 is 0. The lowest BCUT2D eigenvalue weighted by atomic mass is 10.1. The maximum Gasteiger partial charge on any atom is 0.169 e. The van der Waals surface area contributed by atoms with Crippen molar-refractivity contribution >= 4 is 17.2 Å². The number of aromatic nitrogens is 3. The maximum absolute atomic E-state index is 10.2. The van der Waals surface area contributed by atoms with Crippen molar-refractivity contribution in [3.8, 4) is 28.8 Å². The fraction of sp³-hybridized carbons (Fsp3) is 0.346. The molecule has 0 aliphatic carbocycles. The van der Waals surface area contributed by atoms with Gasteiger partial charge in [-0.3, -0.25) is 0 Å². The van der Waals surface area contributed by atoms with Crippen molar-refractivity contribution in [2.24, 2.45) is 0 Å². The molecule has 1 saturated heterocycles. The van der Waals surface area contributed by atoms with Crippen LogP contribution in [0.1, 0.15) is 39.3 Å². The minimum atomic E-state index is 0.175. The zero-order valence-corrected chi connectivity index (χ0v) is 19.6. The molecule has 1 fully saturated rings. The smallest absolute Gasteiger partial charge is 0.169 e. The SMILES string of the molecule is CC.CCC#Cc1cc(N2CCCN(c3cc(-c4ccccc4O)nnc3N)CC2)ccn1. The first-order chi connectivity index (χ1) is 16.2. The van der Waals surface area contributed by atoms with Gasteiger partial charge in [0.2, 0.25) is 0 Å². The van der Waals surface area contributed by atoms with Crippen LogP contribution in [0.4, 0.5) is 17.2 Å². The highest BCUT2D eigenvalue weighted by Crippen LogP contribution is 2.31. The van der Waals surface area contributed by atoms with E-state index >= 15 is 0 Å². The minimum Gasteiger partial charge on any atom is -0.507 e. The number of aromatic hydroxyl groups is 1. The average Bonchev–Trinajstić information content (AvgIpc) is 3.11. The molecule has 7 heteroatoms. The van der Waals surface area contributed by atoms with Crippen LogP contribution in [-0.4, -0.2) is 46.5 Å². The summed E-state index contributed by atoms with van der Waals surface area (Å²) in [5.41, 5.74) is 10.2. The Morgan fingerprint density at radius 3 is 2.55 bits per heavy atom. The Morgan fingerprint density at radius 2 is 1.76 bits per heavy atom. The highest BCUT2D eigenvalue weighted by molar-refractivity contribution is 5.74. The fourth-order valence-electron chi connectivity index (χ4n) is 3.75. The Kier molecular flexibility index (Phi) is 8.48.